The van der Waals surface area contributed by atoms with Crippen molar-refractivity contribution < 1.29 is 14.7 Å². The van der Waals surface area contributed by atoms with Crippen LogP contribution < -0.4 is 5.32 Å². The highest BCUT2D eigenvalue weighted by Gasteiger charge is 2.19. The Hall–Kier alpha value is -2.61. The Kier molecular flexibility index (Phi) is 4.43. The van der Waals surface area contributed by atoms with Gasteiger partial charge >= 0.3 is 5.97 Å². The second-order valence-corrected chi connectivity index (χ2v) is 4.47. The number of nitriles is 1. The van der Waals surface area contributed by atoms with Crippen molar-refractivity contribution in [1.29, 1.82) is 5.26 Å². The average molecular weight is 258 g/mol. The molecule has 0 unspecified atom stereocenters. The van der Waals surface area contributed by atoms with Crippen LogP contribution in [0.25, 0.3) is 0 Å². The molecule has 0 radical (unpaired) electrons. The van der Waals surface area contributed by atoms with Crippen molar-refractivity contribution in [3.63, 3.8) is 0 Å². The molecule has 0 saturated heterocycles. The summed E-state index contributed by atoms with van der Waals surface area (Å²) in [5.41, 5.74) is 0.790. The summed E-state index contributed by atoms with van der Waals surface area (Å²) in [6.07, 6.45) is 1.71. The van der Waals surface area contributed by atoms with Crippen LogP contribution in [0, 0.1) is 11.3 Å². The van der Waals surface area contributed by atoms with Crippen molar-refractivity contribution in [2.45, 2.75) is 19.3 Å². The smallest absolute Gasteiger partial charge is 0.328 e. The molecule has 0 aliphatic rings. The first-order valence-corrected chi connectivity index (χ1v) is 5.59. The van der Waals surface area contributed by atoms with Gasteiger partial charge in [-0.1, -0.05) is 12.1 Å². The molecule has 0 aliphatic carbocycles. The van der Waals surface area contributed by atoms with Gasteiger partial charge in [-0.05, 0) is 31.5 Å². The van der Waals surface area contributed by atoms with Gasteiger partial charge < -0.3 is 10.4 Å². The Morgan fingerprint density at radius 2 is 1.84 bits per heavy atom. The van der Waals surface area contributed by atoms with Gasteiger partial charge in [-0.25, -0.2) is 4.79 Å². The molecule has 2 N–H and O–H groups in total. The van der Waals surface area contributed by atoms with E-state index in [9.17, 15) is 9.59 Å². The molecular weight excluding hydrogens is 244 g/mol. The summed E-state index contributed by atoms with van der Waals surface area (Å²) in [5, 5.41) is 19.9. The Morgan fingerprint density at radius 3 is 2.32 bits per heavy atom. The molecule has 1 aromatic carbocycles. The summed E-state index contributed by atoms with van der Waals surface area (Å²) in [6.45, 7) is 3.60. The van der Waals surface area contributed by atoms with Crippen molar-refractivity contribution >= 4 is 17.6 Å². The van der Waals surface area contributed by atoms with Crippen LogP contribution in [0.15, 0.2) is 36.4 Å². The van der Waals surface area contributed by atoms with Gasteiger partial charge in [0.2, 0.25) is 5.91 Å². The van der Waals surface area contributed by atoms with Crippen LogP contribution in [0.2, 0.25) is 0 Å². The maximum Gasteiger partial charge on any atom is 0.328 e. The number of nitrogens with one attached hydrogen (secondary N) is 1. The first-order valence-electron chi connectivity index (χ1n) is 5.59. The van der Waals surface area contributed by atoms with E-state index >= 15 is 0 Å². The number of carboxylic acids is 1. The summed E-state index contributed by atoms with van der Waals surface area (Å²) in [6, 6.07) is 9.02. The largest absolute Gasteiger partial charge is 0.478 e. The summed E-state index contributed by atoms with van der Waals surface area (Å²) in [4.78, 5) is 21.6. The molecule has 1 aromatic rings. The van der Waals surface area contributed by atoms with E-state index in [0.29, 0.717) is 5.69 Å². The third-order valence-corrected chi connectivity index (χ3v) is 2.53. The number of carboxylic acid groups (broad SMARTS) is 1. The van der Waals surface area contributed by atoms with Crippen LogP contribution >= 0.6 is 0 Å². The lowest BCUT2D eigenvalue weighted by molar-refractivity contribution is -0.131. The number of anilines is 1. The predicted molar refractivity (Wildman–Crippen MR) is 70.5 cm³/mol. The summed E-state index contributed by atoms with van der Waals surface area (Å²) >= 11 is 0. The zero-order chi connectivity index (χ0) is 14.5. The van der Waals surface area contributed by atoms with Crippen LogP contribution in [0.1, 0.15) is 19.4 Å². The molecule has 0 aromatic heterocycles. The van der Waals surface area contributed by atoms with E-state index in [0.717, 1.165) is 17.7 Å². The lowest BCUT2D eigenvalue weighted by atomic mass is 9.86. The van der Waals surface area contributed by atoms with Gasteiger partial charge in [-0.2, -0.15) is 5.26 Å². The van der Waals surface area contributed by atoms with E-state index < -0.39 is 17.3 Å². The number of carbonyl (C=O) groups is 2. The average Bonchev–Trinajstić information content (AvgIpc) is 2.37. The lowest BCUT2D eigenvalue weighted by Crippen LogP contribution is -2.14. The second-order valence-electron chi connectivity index (χ2n) is 4.47. The van der Waals surface area contributed by atoms with E-state index in [1.807, 2.05) is 0 Å². The minimum absolute atomic E-state index is 0.519. The minimum atomic E-state index is -1.18. The first-order chi connectivity index (χ1) is 8.85. The third-order valence-electron chi connectivity index (χ3n) is 2.53. The van der Waals surface area contributed by atoms with E-state index in [2.05, 4.69) is 11.4 Å². The SMILES string of the molecule is CC(C)(C#N)c1ccc(NC(=O)/C=C/C(=O)O)cc1. The van der Waals surface area contributed by atoms with Gasteiger partial charge in [-0.3, -0.25) is 4.79 Å². The zero-order valence-corrected chi connectivity index (χ0v) is 10.7. The molecule has 0 aliphatic heterocycles. The molecular formula is C14H14N2O3. The molecule has 0 bridgehead atoms. The molecule has 19 heavy (non-hydrogen) atoms. The summed E-state index contributed by atoms with van der Waals surface area (Å²) < 4.78 is 0. The summed E-state index contributed by atoms with van der Waals surface area (Å²) in [5.74, 6) is -1.70. The van der Waals surface area contributed by atoms with Gasteiger partial charge in [0.25, 0.3) is 0 Å². The fourth-order valence-corrected chi connectivity index (χ4v) is 1.37. The van der Waals surface area contributed by atoms with Crippen LogP contribution in [0.3, 0.4) is 0 Å². The van der Waals surface area contributed by atoms with Gasteiger partial charge in [0.05, 0.1) is 11.5 Å². The Morgan fingerprint density at radius 1 is 1.26 bits per heavy atom. The molecule has 1 rings (SSSR count). The number of rotatable bonds is 4. The molecule has 0 fully saturated rings. The molecule has 98 valence electrons. The first kappa shape index (κ1) is 14.5. The number of amides is 1. The molecule has 5 heteroatoms. The number of carbonyl (C=O) groups excluding carboxylic acids is 1. The number of benzene rings is 1. The highest BCUT2D eigenvalue weighted by Crippen LogP contribution is 2.23. The topological polar surface area (TPSA) is 90.2 Å². The highest BCUT2D eigenvalue weighted by molar-refractivity contribution is 6.02. The maximum absolute atomic E-state index is 11.3. The summed E-state index contributed by atoms with van der Waals surface area (Å²) in [7, 11) is 0. The van der Waals surface area contributed by atoms with Crippen LogP contribution in [-0.4, -0.2) is 17.0 Å². The molecule has 0 heterocycles. The van der Waals surface area contributed by atoms with Crippen molar-refractivity contribution in [2.24, 2.45) is 0 Å². The van der Waals surface area contributed by atoms with E-state index in [1.54, 1.807) is 38.1 Å². The van der Waals surface area contributed by atoms with Crippen molar-refractivity contribution in [3.05, 3.63) is 42.0 Å². The molecule has 5 nitrogen and oxygen atoms in total. The standard InChI is InChI=1S/C14H14N2O3/c1-14(2,9-15)10-3-5-11(6-4-10)16-12(17)7-8-13(18)19/h3-8H,1-2H3,(H,16,17)(H,18,19)/b8-7+. The number of aliphatic carboxylic acids is 1. The zero-order valence-electron chi connectivity index (χ0n) is 10.7. The number of hydrogen-bond acceptors (Lipinski definition) is 3. The van der Waals surface area contributed by atoms with Crippen LogP contribution in [-0.2, 0) is 15.0 Å². The Balaban J connectivity index is 2.76. The quantitative estimate of drug-likeness (QED) is 0.809. The second kappa shape index (κ2) is 5.83. The highest BCUT2D eigenvalue weighted by atomic mass is 16.4. The Bertz CT molecular complexity index is 551. The lowest BCUT2D eigenvalue weighted by Gasteiger charge is -2.15. The molecule has 0 spiro atoms. The fourth-order valence-electron chi connectivity index (χ4n) is 1.37. The van der Waals surface area contributed by atoms with E-state index in [1.165, 1.54) is 0 Å². The van der Waals surface area contributed by atoms with Crippen molar-refractivity contribution in [1.82, 2.24) is 0 Å². The van der Waals surface area contributed by atoms with Crippen LogP contribution in [0.5, 0.6) is 0 Å². The number of hydrogen-bond donors (Lipinski definition) is 2. The van der Waals surface area contributed by atoms with Crippen LogP contribution in [0.4, 0.5) is 5.69 Å². The van der Waals surface area contributed by atoms with Gasteiger partial charge in [0.15, 0.2) is 0 Å². The van der Waals surface area contributed by atoms with Crippen molar-refractivity contribution in [3.8, 4) is 6.07 Å². The van der Waals surface area contributed by atoms with Gasteiger partial charge in [0.1, 0.15) is 0 Å². The molecule has 0 saturated carbocycles. The van der Waals surface area contributed by atoms with Crippen molar-refractivity contribution in [2.75, 3.05) is 5.32 Å². The Labute approximate surface area is 111 Å². The normalized spacial score (nSPS) is 11.0. The monoisotopic (exact) mass is 258 g/mol. The van der Waals surface area contributed by atoms with Gasteiger partial charge in [0, 0.05) is 17.8 Å². The maximum atomic E-state index is 11.3. The number of nitrogens with zero attached hydrogens (tertiary/aromatic N) is 1. The minimum Gasteiger partial charge on any atom is -0.478 e. The molecule has 0 atom stereocenters. The third kappa shape index (κ3) is 4.28. The fraction of sp³-hybridized carbons (Fsp3) is 0.214. The predicted octanol–water partition coefficient (Wildman–Crippen LogP) is 2.07. The van der Waals surface area contributed by atoms with E-state index in [-0.39, 0.29) is 0 Å². The van der Waals surface area contributed by atoms with E-state index in [4.69, 9.17) is 10.4 Å². The molecule has 1 amide bonds. The van der Waals surface area contributed by atoms with Gasteiger partial charge in [-0.15, -0.1) is 0 Å².